The van der Waals surface area contributed by atoms with Gasteiger partial charge >= 0.3 is 0 Å². The number of nitrogens with one attached hydrogen (secondary N) is 2. The van der Waals surface area contributed by atoms with Crippen molar-refractivity contribution in [2.45, 2.75) is 6.54 Å². The average molecular weight is 342 g/mol. The summed E-state index contributed by atoms with van der Waals surface area (Å²) in [4.78, 5) is 9.88. The number of rotatable bonds is 4. The number of fused-ring (bicyclic) bond motifs is 1. The summed E-state index contributed by atoms with van der Waals surface area (Å²) in [7, 11) is 0. The summed E-state index contributed by atoms with van der Waals surface area (Å²) in [5.74, 6) is 2.17. The van der Waals surface area contributed by atoms with Crippen LogP contribution in [0, 0.1) is 0 Å². The normalized spacial score (nSPS) is 11.0. The molecule has 114 valence electrons. The smallest absolute Gasteiger partial charge is 0.191 e. The van der Waals surface area contributed by atoms with Crippen LogP contribution in [-0.4, -0.2) is 20.2 Å². The number of hydrogen-bond donors (Lipinski definition) is 2. The van der Waals surface area contributed by atoms with Crippen molar-refractivity contribution < 1.29 is 0 Å². The van der Waals surface area contributed by atoms with Crippen molar-refractivity contribution >= 4 is 39.5 Å². The Balaban J connectivity index is 1.53. The number of anilines is 1. The summed E-state index contributed by atoms with van der Waals surface area (Å²) in [6, 6.07) is 13.8. The summed E-state index contributed by atoms with van der Waals surface area (Å²) < 4.78 is 0. The van der Waals surface area contributed by atoms with Gasteiger partial charge in [0.15, 0.2) is 5.82 Å². The molecule has 0 unspecified atom stereocenters. The number of aromatic nitrogens is 4. The minimum atomic E-state index is 0.488. The van der Waals surface area contributed by atoms with Gasteiger partial charge < -0.3 is 5.32 Å². The second-order valence-electron chi connectivity index (χ2n) is 4.96. The third-order valence-corrected chi connectivity index (χ3v) is 4.56. The number of thiophene rings is 1. The Bertz CT molecular complexity index is 948. The van der Waals surface area contributed by atoms with Crippen molar-refractivity contribution in [2.24, 2.45) is 0 Å². The van der Waals surface area contributed by atoms with Gasteiger partial charge in [0, 0.05) is 5.39 Å². The third kappa shape index (κ3) is 2.91. The number of H-pyrrole nitrogens is 1. The summed E-state index contributed by atoms with van der Waals surface area (Å²) in [5, 5.41) is 14.9. The first-order valence-corrected chi connectivity index (χ1v) is 8.30. The minimum absolute atomic E-state index is 0.488. The molecule has 5 nitrogen and oxygen atoms in total. The number of nitrogens with zero attached hydrogens (tertiary/aromatic N) is 3. The van der Waals surface area contributed by atoms with Crippen LogP contribution >= 0.6 is 22.9 Å². The highest BCUT2D eigenvalue weighted by Crippen LogP contribution is 2.25. The van der Waals surface area contributed by atoms with E-state index < -0.39 is 0 Å². The molecule has 4 aromatic rings. The molecule has 0 bridgehead atoms. The predicted molar refractivity (Wildman–Crippen MR) is 93.8 cm³/mol. The van der Waals surface area contributed by atoms with Crippen LogP contribution in [0.2, 0.25) is 5.15 Å². The molecule has 3 aromatic heterocycles. The van der Waals surface area contributed by atoms with Crippen LogP contribution in [-0.2, 0) is 6.54 Å². The lowest BCUT2D eigenvalue weighted by molar-refractivity contribution is 0.948. The van der Waals surface area contributed by atoms with Gasteiger partial charge in [-0.1, -0.05) is 41.9 Å². The molecular formula is C16H12ClN5S. The average Bonchev–Trinajstić information content (AvgIpc) is 3.24. The predicted octanol–water partition coefficient (Wildman–Crippen LogP) is 4.35. The summed E-state index contributed by atoms with van der Waals surface area (Å²) in [6.07, 6.45) is 0. The third-order valence-electron chi connectivity index (χ3n) is 3.40. The number of halogens is 1. The number of pyridine rings is 1. The van der Waals surface area contributed by atoms with Crippen LogP contribution in [0.25, 0.3) is 21.5 Å². The van der Waals surface area contributed by atoms with E-state index in [1.54, 1.807) is 11.3 Å². The Morgan fingerprint density at radius 3 is 2.91 bits per heavy atom. The second-order valence-corrected chi connectivity index (χ2v) is 6.26. The van der Waals surface area contributed by atoms with Crippen molar-refractivity contribution in [3.05, 3.63) is 58.8 Å². The molecule has 0 fully saturated rings. The Morgan fingerprint density at radius 2 is 2.04 bits per heavy atom. The lowest BCUT2D eigenvalue weighted by Gasteiger charge is -2.06. The molecule has 0 aliphatic heterocycles. The maximum atomic E-state index is 6.23. The SMILES string of the molecule is Clc1nc(NCc2nc(-c3cccs3)n[nH]2)cc2ccccc12. The molecule has 0 aliphatic rings. The van der Waals surface area contributed by atoms with E-state index in [2.05, 4.69) is 25.5 Å². The molecule has 0 aliphatic carbocycles. The quantitative estimate of drug-likeness (QED) is 0.542. The molecule has 3 heterocycles. The molecule has 0 amide bonds. The Hall–Kier alpha value is -2.44. The maximum absolute atomic E-state index is 6.23. The van der Waals surface area contributed by atoms with E-state index >= 15 is 0 Å². The molecule has 23 heavy (non-hydrogen) atoms. The van der Waals surface area contributed by atoms with Crippen LogP contribution in [0.5, 0.6) is 0 Å². The van der Waals surface area contributed by atoms with Crippen LogP contribution in [0.15, 0.2) is 47.8 Å². The van der Waals surface area contributed by atoms with Crippen molar-refractivity contribution in [1.82, 2.24) is 20.2 Å². The van der Waals surface area contributed by atoms with Gasteiger partial charge in [-0.2, -0.15) is 5.10 Å². The first-order chi connectivity index (χ1) is 11.3. The van der Waals surface area contributed by atoms with Crippen LogP contribution in [0.3, 0.4) is 0 Å². The summed E-state index contributed by atoms with van der Waals surface area (Å²) >= 11 is 7.84. The first kappa shape index (κ1) is 14.2. The van der Waals surface area contributed by atoms with E-state index in [0.717, 1.165) is 21.5 Å². The second kappa shape index (κ2) is 5.98. The highest BCUT2D eigenvalue weighted by molar-refractivity contribution is 7.13. The lowest BCUT2D eigenvalue weighted by atomic mass is 10.2. The highest BCUT2D eigenvalue weighted by Gasteiger charge is 2.08. The maximum Gasteiger partial charge on any atom is 0.191 e. The monoisotopic (exact) mass is 341 g/mol. The molecule has 1 aromatic carbocycles. The Morgan fingerprint density at radius 1 is 1.13 bits per heavy atom. The van der Waals surface area contributed by atoms with E-state index in [1.807, 2.05) is 47.8 Å². The zero-order chi connectivity index (χ0) is 15.6. The van der Waals surface area contributed by atoms with Gasteiger partial charge in [0.2, 0.25) is 0 Å². The molecule has 0 spiro atoms. The highest BCUT2D eigenvalue weighted by atomic mass is 35.5. The van der Waals surface area contributed by atoms with Gasteiger partial charge in [0.25, 0.3) is 0 Å². The Labute approximate surface area is 141 Å². The van der Waals surface area contributed by atoms with Gasteiger partial charge in [-0.3, -0.25) is 5.10 Å². The molecule has 0 saturated heterocycles. The van der Waals surface area contributed by atoms with Gasteiger partial charge in [-0.05, 0) is 22.9 Å². The fourth-order valence-electron chi connectivity index (χ4n) is 2.31. The van der Waals surface area contributed by atoms with Gasteiger partial charge in [0.1, 0.15) is 16.8 Å². The molecule has 4 rings (SSSR count). The Kier molecular flexibility index (Phi) is 3.69. The zero-order valence-electron chi connectivity index (χ0n) is 12.0. The van der Waals surface area contributed by atoms with Crippen LogP contribution in [0.4, 0.5) is 5.82 Å². The largest absolute Gasteiger partial charge is 0.363 e. The van der Waals surface area contributed by atoms with Crippen LogP contribution < -0.4 is 5.32 Å². The number of benzene rings is 1. The van der Waals surface area contributed by atoms with E-state index in [9.17, 15) is 0 Å². The van der Waals surface area contributed by atoms with Gasteiger partial charge in [0.05, 0.1) is 11.4 Å². The summed E-state index contributed by atoms with van der Waals surface area (Å²) in [6.45, 7) is 0.500. The van der Waals surface area contributed by atoms with Gasteiger partial charge in [-0.25, -0.2) is 9.97 Å². The molecule has 0 radical (unpaired) electrons. The van der Waals surface area contributed by atoms with Gasteiger partial charge in [-0.15, -0.1) is 11.3 Å². The van der Waals surface area contributed by atoms with Crippen molar-refractivity contribution in [1.29, 1.82) is 0 Å². The van der Waals surface area contributed by atoms with Crippen LogP contribution in [0.1, 0.15) is 5.82 Å². The zero-order valence-corrected chi connectivity index (χ0v) is 13.5. The topological polar surface area (TPSA) is 66.5 Å². The standard InChI is InChI=1S/C16H12ClN5S/c17-15-11-5-2-1-4-10(11)8-13(19-15)18-9-14-20-16(22-21-14)12-6-3-7-23-12/h1-8H,9H2,(H,18,19)(H,20,21,22). The summed E-state index contributed by atoms with van der Waals surface area (Å²) in [5.41, 5.74) is 0. The van der Waals surface area contributed by atoms with E-state index in [4.69, 9.17) is 11.6 Å². The molecule has 2 N–H and O–H groups in total. The van der Waals surface area contributed by atoms with Crippen molar-refractivity contribution in [3.63, 3.8) is 0 Å². The molecular weight excluding hydrogens is 330 g/mol. The van der Waals surface area contributed by atoms with Crippen molar-refractivity contribution in [2.75, 3.05) is 5.32 Å². The molecule has 0 saturated carbocycles. The number of aromatic amines is 1. The van der Waals surface area contributed by atoms with Crippen molar-refractivity contribution in [3.8, 4) is 10.7 Å². The van der Waals surface area contributed by atoms with E-state index in [1.165, 1.54) is 0 Å². The fourth-order valence-corrected chi connectivity index (χ4v) is 3.23. The molecule has 7 heteroatoms. The lowest BCUT2D eigenvalue weighted by Crippen LogP contribution is -2.03. The van der Waals surface area contributed by atoms with E-state index in [0.29, 0.717) is 23.3 Å². The first-order valence-electron chi connectivity index (χ1n) is 7.04. The number of hydrogen-bond acceptors (Lipinski definition) is 5. The molecule has 0 atom stereocenters. The fraction of sp³-hybridized carbons (Fsp3) is 0.0625. The van der Waals surface area contributed by atoms with E-state index in [-0.39, 0.29) is 0 Å². The minimum Gasteiger partial charge on any atom is -0.363 e.